The molecular weight excluding hydrogens is 202 g/mol. The van der Waals surface area contributed by atoms with Crippen molar-refractivity contribution in [3.05, 3.63) is 29.8 Å². The summed E-state index contributed by atoms with van der Waals surface area (Å²) in [5.41, 5.74) is 1.09. The first kappa shape index (κ1) is 13.0. The number of nitrogens with one attached hydrogen (secondary N) is 1. The molecule has 90 valence electrons. The van der Waals surface area contributed by atoms with Crippen molar-refractivity contribution >= 4 is 0 Å². The summed E-state index contributed by atoms with van der Waals surface area (Å²) in [5.74, 6) is 0.318. The largest absolute Gasteiger partial charge is 0.508 e. The Balaban J connectivity index is 2.03. The first-order chi connectivity index (χ1) is 7.83. The van der Waals surface area contributed by atoms with E-state index in [1.165, 1.54) is 6.42 Å². The van der Waals surface area contributed by atoms with Crippen LogP contribution in [-0.4, -0.2) is 24.9 Å². The lowest BCUT2D eigenvalue weighted by Gasteiger charge is -2.06. The summed E-state index contributed by atoms with van der Waals surface area (Å²) >= 11 is 0. The molecule has 0 amide bonds. The summed E-state index contributed by atoms with van der Waals surface area (Å²) in [6.45, 7) is 5.37. The van der Waals surface area contributed by atoms with Crippen LogP contribution in [0.2, 0.25) is 0 Å². The molecule has 16 heavy (non-hydrogen) atoms. The second-order valence-corrected chi connectivity index (χ2v) is 3.81. The molecule has 1 aromatic carbocycles. The van der Waals surface area contributed by atoms with Crippen molar-refractivity contribution in [3.8, 4) is 5.75 Å². The van der Waals surface area contributed by atoms with Gasteiger partial charge in [0, 0.05) is 19.7 Å². The number of phenolic OH excluding ortho intramolecular Hbond substituents is 1. The van der Waals surface area contributed by atoms with Crippen molar-refractivity contribution in [3.63, 3.8) is 0 Å². The Hall–Kier alpha value is -1.06. The Bertz CT molecular complexity index is 289. The van der Waals surface area contributed by atoms with Crippen LogP contribution in [0.25, 0.3) is 0 Å². The van der Waals surface area contributed by atoms with Gasteiger partial charge in [0.15, 0.2) is 0 Å². The fourth-order valence-corrected chi connectivity index (χ4v) is 1.39. The Labute approximate surface area is 97.4 Å². The Morgan fingerprint density at radius 1 is 1.31 bits per heavy atom. The van der Waals surface area contributed by atoms with Gasteiger partial charge >= 0.3 is 0 Å². The molecule has 0 atom stereocenters. The number of benzene rings is 1. The first-order valence-corrected chi connectivity index (χ1v) is 5.89. The SMILES string of the molecule is CCCCOCCNCc1cccc(O)c1. The van der Waals surface area contributed by atoms with Crippen LogP contribution in [0, 0.1) is 0 Å². The number of hydrogen-bond acceptors (Lipinski definition) is 3. The molecule has 0 heterocycles. The molecule has 0 aliphatic carbocycles. The first-order valence-electron chi connectivity index (χ1n) is 5.89. The van der Waals surface area contributed by atoms with Gasteiger partial charge in [0.2, 0.25) is 0 Å². The third-order valence-corrected chi connectivity index (χ3v) is 2.31. The molecule has 1 aromatic rings. The lowest BCUT2D eigenvalue weighted by molar-refractivity contribution is 0.133. The van der Waals surface area contributed by atoms with Crippen LogP contribution < -0.4 is 5.32 Å². The van der Waals surface area contributed by atoms with Gasteiger partial charge in [-0.3, -0.25) is 0 Å². The molecule has 3 nitrogen and oxygen atoms in total. The van der Waals surface area contributed by atoms with Gasteiger partial charge in [-0.25, -0.2) is 0 Å². The van der Waals surface area contributed by atoms with Crippen molar-refractivity contribution in [2.45, 2.75) is 26.3 Å². The molecule has 0 fully saturated rings. The third kappa shape index (κ3) is 5.73. The van der Waals surface area contributed by atoms with Crippen LogP contribution in [0.5, 0.6) is 5.75 Å². The summed E-state index contributed by atoms with van der Waals surface area (Å²) in [6, 6.07) is 7.29. The molecule has 0 aromatic heterocycles. The zero-order chi connectivity index (χ0) is 11.6. The van der Waals surface area contributed by atoms with E-state index in [2.05, 4.69) is 12.2 Å². The Morgan fingerprint density at radius 3 is 2.94 bits per heavy atom. The highest BCUT2D eigenvalue weighted by molar-refractivity contribution is 5.26. The van der Waals surface area contributed by atoms with Crippen LogP contribution in [0.3, 0.4) is 0 Å². The van der Waals surface area contributed by atoms with E-state index in [1.54, 1.807) is 12.1 Å². The van der Waals surface area contributed by atoms with Crippen molar-refractivity contribution in [2.24, 2.45) is 0 Å². The van der Waals surface area contributed by atoms with Gasteiger partial charge in [-0.1, -0.05) is 25.5 Å². The van der Waals surface area contributed by atoms with Crippen LogP contribution in [0.4, 0.5) is 0 Å². The average molecular weight is 223 g/mol. The summed E-state index contributed by atoms with van der Waals surface area (Å²) in [6.07, 6.45) is 2.31. The monoisotopic (exact) mass is 223 g/mol. The fraction of sp³-hybridized carbons (Fsp3) is 0.538. The van der Waals surface area contributed by atoms with E-state index in [1.807, 2.05) is 12.1 Å². The molecule has 0 saturated heterocycles. The predicted octanol–water partition coefficient (Wildman–Crippen LogP) is 2.30. The molecule has 3 heteroatoms. The van der Waals surface area contributed by atoms with E-state index in [-0.39, 0.29) is 0 Å². The number of unbranched alkanes of at least 4 members (excludes halogenated alkanes) is 1. The van der Waals surface area contributed by atoms with Gasteiger partial charge in [-0.05, 0) is 24.1 Å². The standard InChI is InChI=1S/C13H21NO2/c1-2-3-8-16-9-7-14-11-12-5-4-6-13(15)10-12/h4-6,10,14-15H,2-3,7-9,11H2,1H3. The quantitative estimate of drug-likeness (QED) is 0.664. The van der Waals surface area contributed by atoms with Crippen LogP contribution >= 0.6 is 0 Å². The van der Waals surface area contributed by atoms with Crippen molar-refractivity contribution in [2.75, 3.05) is 19.8 Å². The molecule has 0 radical (unpaired) electrons. The summed E-state index contributed by atoms with van der Waals surface area (Å²) in [7, 11) is 0. The molecule has 2 N–H and O–H groups in total. The average Bonchev–Trinajstić information content (AvgIpc) is 2.28. The lowest BCUT2D eigenvalue weighted by atomic mass is 10.2. The molecule has 0 aliphatic rings. The maximum atomic E-state index is 9.26. The molecular formula is C13H21NO2. The zero-order valence-electron chi connectivity index (χ0n) is 9.91. The number of phenols is 1. The molecule has 1 rings (SSSR count). The number of rotatable bonds is 8. The van der Waals surface area contributed by atoms with Gasteiger partial charge in [-0.2, -0.15) is 0 Å². The van der Waals surface area contributed by atoms with E-state index in [4.69, 9.17) is 4.74 Å². The maximum absolute atomic E-state index is 9.26. The molecule has 0 unspecified atom stereocenters. The van der Waals surface area contributed by atoms with E-state index >= 15 is 0 Å². The predicted molar refractivity (Wildman–Crippen MR) is 65.5 cm³/mol. The molecule has 0 saturated carbocycles. The number of ether oxygens (including phenoxy) is 1. The highest BCUT2D eigenvalue weighted by Gasteiger charge is 1.94. The summed E-state index contributed by atoms with van der Waals surface area (Å²) in [5, 5.41) is 12.5. The van der Waals surface area contributed by atoms with Gasteiger partial charge in [0.1, 0.15) is 5.75 Å². The summed E-state index contributed by atoms with van der Waals surface area (Å²) in [4.78, 5) is 0. The van der Waals surface area contributed by atoms with E-state index in [9.17, 15) is 5.11 Å². The topological polar surface area (TPSA) is 41.5 Å². The van der Waals surface area contributed by atoms with Gasteiger partial charge < -0.3 is 15.2 Å². The van der Waals surface area contributed by atoms with Crippen LogP contribution in [-0.2, 0) is 11.3 Å². The highest BCUT2D eigenvalue weighted by Crippen LogP contribution is 2.10. The zero-order valence-corrected chi connectivity index (χ0v) is 9.91. The number of aromatic hydroxyl groups is 1. The molecule has 0 aliphatic heterocycles. The van der Waals surface area contributed by atoms with Crippen molar-refractivity contribution in [1.82, 2.24) is 5.32 Å². The van der Waals surface area contributed by atoms with Crippen molar-refractivity contribution in [1.29, 1.82) is 0 Å². The lowest BCUT2D eigenvalue weighted by Crippen LogP contribution is -2.19. The smallest absolute Gasteiger partial charge is 0.115 e. The van der Waals surface area contributed by atoms with Gasteiger partial charge in [0.05, 0.1) is 6.61 Å². The van der Waals surface area contributed by atoms with Gasteiger partial charge in [-0.15, -0.1) is 0 Å². The third-order valence-electron chi connectivity index (χ3n) is 2.31. The maximum Gasteiger partial charge on any atom is 0.115 e. The van der Waals surface area contributed by atoms with E-state index in [0.29, 0.717) is 5.75 Å². The Kier molecular flexibility index (Phi) is 6.61. The second kappa shape index (κ2) is 8.13. The minimum Gasteiger partial charge on any atom is -0.508 e. The normalized spacial score (nSPS) is 10.6. The van der Waals surface area contributed by atoms with Crippen molar-refractivity contribution < 1.29 is 9.84 Å². The Morgan fingerprint density at radius 2 is 2.19 bits per heavy atom. The minimum atomic E-state index is 0.318. The second-order valence-electron chi connectivity index (χ2n) is 3.81. The van der Waals surface area contributed by atoms with Crippen LogP contribution in [0.15, 0.2) is 24.3 Å². The minimum absolute atomic E-state index is 0.318. The van der Waals surface area contributed by atoms with E-state index < -0.39 is 0 Å². The van der Waals surface area contributed by atoms with Crippen LogP contribution in [0.1, 0.15) is 25.3 Å². The van der Waals surface area contributed by atoms with Gasteiger partial charge in [0.25, 0.3) is 0 Å². The number of hydrogen-bond donors (Lipinski definition) is 2. The molecule has 0 spiro atoms. The molecule has 0 bridgehead atoms. The summed E-state index contributed by atoms with van der Waals surface area (Å²) < 4.78 is 5.42. The fourth-order valence-electron chi connectivity index (χ4n) is 1.39. The van der Waals surface area contributed by atoms with E-state index in [0.717, 1.165) is 38.3 Å². The highest BCUT2D eigenvalue weighted by atomic mass is 16.5.